The fourth-order valence-corrected chi connectivity index (χ4v) is 4.35. The molecule has 0 amide bonds. The highest BCUT2D eigenvalue weighted by molar-refractivity contribution is 14.0. The number of likely N-dealkylation sites (tertiary alicyclic amines) is 1. The van der Waals surface area contributed by atoms with Crippen LogP contribution in [-0.4, -0.2) is 65.7 Å². The van der Waals surface area contributed by atoms with Gasteiger partial charge in [0, 0.05) is 38.0 Å². The van der Waals surface area contributed by atoms with Gasteiger partial charge < -0.3 is 19.7 Å². The maximum absolute atomic E-state index is 6.17. The number of rotatable bonds is 8. The highest BCUT2D eigenvalue weighted by Crippen LogP contribution is 2.18. The van der Waals surface area contributed by atoms with Gasteiger partial charge in [-0.1, -0.05) is 30.3 Å². The molecule has 8 heteroatoms. The molecule has 0 spiro atoms. The molecule has 4 rings (SSSR count). The van der Waals surface area contributed by atoms with Crippen LogP contribution in [0.15, 0.2) is 47.7 Å². The molecule has 1 aromatic heterocycles. The van der Waals surface area contributed by atoms with E-state index in [2.05, 4.69) is 52.7 Å². The molecule has 0 saturated carbocycles. The summed E-state index contributed by atoms with van der Waals surface area (Å²) in [4.78, 5) is 7.25. The second-order valence-electron chi connectivity index (χ2n) is 8.71. The number of halogens is 1. The predicted molar refractivity (Wildman–Crippen MR) is 142 cm³/mol. The Labute approximate surface area is 214 Å². The third-order valence-corrected chi connectivity index (χ3v) is 6.15. The van der Waals surface area contributed by atoms with E-state index in [1.54, 1.807) is 0 Å². The van der Waals surface area contributed by atoms with E-state index in [1.807, 2.05) is 16.9 Å². The zero-order valence-electron chi connectivity index (χ0n) is 19.7. The topological polar surface area (TPSA) is 63.9 Å². The van der Waals surface area contributed by atoms with Crippen molar-refractivity contribution < 1.29 is 9.47 Å². The van der Waals surface area contributed by atoms with Gasteiger partial charge >= 0.3 is 0 Å². The number of hydrogen-bond donors (Lipinski definition) is 1. The lowest BCUT2D eigenvalue weighted by Gasteiger charge is -2.35. The van der Waals surface area contributed by atoms with Crippen molar-refractivity contribution in [1.29, 1.82) is 0 Å². The van der Waals surface area contributed by atoms with E-state index in [-0.39, 0.29) is 24.0 Å². The molecule has 3 heterocycles. The van der Waals surface area contributed by atoms with Crippen molar-refractivity contribution in [2.45, 2.75) is 64.3 Å². The minimum absolute atomic E-state index is 0. The minimum Gasteiger partial charge on any atom is -0.376 e. The van der Waals surface area contributed by atoms with Crippen LogP contribution in [0.4, 0.5) is 0 Å². The van der Waals surface area contributed by atoms with E-state index in [0.717, 1.165) is 70.2 Å². The second kappa shape index (κ2) is 13.9. The second-order valence-corrected chi connectivity index (χ2v) is 8.71. The highest BCUT2D eigenvalue weighted by atomic mass is 127. The molecule has 2 aromatic rings. The van der Waals surface area contributed by atoms with Gasteiger partial charge in [0.2, 0.25) is 0 Å². The summed E-state index contributed by atoms with van der Waals surface area (Å²) in [5, 5.41) is 7.96. The Morgan fingerprint density at radius 2 is 1.97 bits per heavy atom. The Bertz CT molecular complexity index is 830. The molecule has 7 nitrogen and oxygen atoms in total. The van der Waals surface area contributed by atoms with Crippen molar-refractivity contribution in [3.63, 3.8) is 0 Å². The van der Waals surface area contributed by atoms with E-state index < -0.39 is 0 Å². The van der Waals surface area contributed by atoms with Crippen LogP contribution in [0.5, 0.6) is 0 Å². The first-order valence-electron chi connectivity index (χ1n) is 12.1. The molecule has 1 N–H and O–H groups in total. The van der Waals surface area contributed by atoms with Crippen LogP contribution in [0.2, 0.25) is 0 Å². The quantitative estimate of drug-likeness (QED) is 0.296. The van der Waals surface area contributed by atoms with Gasteiger partial charge in [-0.3, -0.25) is 4.68 Å². The van der Waals surface area contributed by atoms with Crippen molar-refractivity contribution in [3.05, 3.63) is 53.9 Å². The van der Waals surface area contributed by atoms with Crippen LogP contribution in [0, 0.1) is 0 Å². The number of aromatic nitrogens is 2. The standard InChI is InChI=1S/C25H37N5O2.HI/c1-2-26-25(27-16-22-17-28-30(19-22)18-21-8-4-3-5-9-21)29-13-11-23(12-14-29)32-20-24-10-6-7-15-31-24;/h3-5,8-9,17,19,23-24H,2,6-7,10-16,18,20H2,1H3,(H,26,27);1H. The van der Waals surface area contributed by atoms with Gasteiger partial charge in [-0.25, -0.2) is 4.99 Å². The summed E-state index contributed by atoms with van der Waals surface area (Å²) in [5.74, 6) is 0.984. The first-order valence-corrected chi connectivity index (χ1v) is 12.1. The molecule has 1 unspecified atom stereocenters. The Kier molecular flexibility index (Phi) is 10.9. The highest BCUT2D eigenvalue weighted by Gasteiger charge is 2.23. The number of ether oxygens (including phenoxy) is 2. The van der Waals surface area contributed by atoms with Crippen molar-refractivity contribution in [1.82, 2.24) is 20.0 Å². The number of aliphatic imine (C=N–C) groups is 1. The zero-order chi connectivity index (χ0) is 22.0. The Balaban J connectivity index is 0.00000306. The molecule has 33 heavy (non-hydrogen) atoms. The van der Waals surface area contributed by atoms with Gasteiger partial charge in [0.1, 0.15) is 0 Å². The van der Waals surface area contributed by atoms with Gasteiger partial charge in [-0.15, -0.1) is 24.0 Å². The lowest BCUT2D eigenvalue weighted by Crippen LogP contribution is -2.47. The normalized spacial score (nSPS) is 19.8. The van der Waals surface area contributed by atoms with Gasteiger partial charge in [0.25, 0.3) is 0 Å². The van der Waals surface area contributed by atoms with Gasteiger partial charge in [-0.2, -0.15) is 5.10 Å². The van der Waals surface area contributed by atoms with Gasteiger partial charge in [0.15, 0.2) is 5.96 Å². The summed E-state index contributed by atoms with van der Waals surface area (Å²) in [6.07, 6.45) is 10.3. The Morgan fingerprint density at radius 3 is 2.70 bits per heavy atom. The third-order valence-electron chi connectivity index (χ3n) is 6.15. The maximum atomic E-state index is 6.17. The Hall–Kier alpha value is -1.65. The molecule has 2 aliphatic heterocycles. The SMILES string of the molecule is CCNC(=NCc1cnn(Cc2ccccc2)c1)N1CCC(OCC2CCCCO2)CC1.I. The number of nitrogens with zero attached hydrogens (tertiary/aromatic N) is 4. The Morgan fingerprint density at radius 1 is 1.15 bits per heavy atom. The lowest BCUT2D eigenvalue weighted by molar-refractivity contribution is -0.0721. The van der Waals surface area contributed by atoms with Gasteiger partial charge in [-0.05, 0) is 44.6 Å². The molecule has 182 valence electrons. The predicted octanol–water partition coefficient (Wildman–Crippen LogP) is 4.07. The molecule has 0 radical (unpaired) electrons. The number of hydrogen-bond acceptors (Lipinski definition) is 4. The van der Waals surface area contributed by atoms with E-state index in [1.165, 1.54) is 18.4 Å². The molecule has 1 aromatic carbocycles. The summed E-state index contributed by atoms with van der Waals surface area (Å²) in [7, 11) is 0. The molecule has 0 aliphatic carbocycles. The average molecular weight is 568 g/mol. The van der Waals surface area contributed by atoms with Crippen LogP contribution in [0.25, 0.3) is 0 Å². The van der Waals surface area contributed by atoms with Crippen LogP contribution >= 0.6 is 24.0 Å². The maximum Gasteiger partial charge on any atom is 0.194 e. The van der Waals surface area contributed by atoms with Crippen LogP contribution in [0.1, 0.15) is 50.2 Å². The fourth-order valence-electron chi connectivity index (χ4n) is 4.35. The zero-order valence-corrected chi connectivity index (χ0v) is 22.0. The van der Waals surface area contributed by atoms with E-state index in [4.69, 9.17) is 14.5 Å². The molecule has 2 aliphatic rings. The summed E-state index contributed by atoms with van der Waals surface area (Å²) < 4.78 is 13.9. The third kappa shape index (κ3) is 8.26. The largest absolute Gasteiger partial charge is 0.376 e. The summed E-state index contributed by atoms with van der Waals surface area (Å²) >= 11 is 0. The van der Waals surface area contributed by atoms with E-state index in [0.29, 0.717) is 18.8 Å². The number of benzene rings is 1. The van der Waals surface area contributed by atoms with Crippen LogP contribution in [0.3, 0.4) is 0 Å². The van der Waals surface area contributed by atoms with Crippen molar-refractivity contribution >= 4 is 29.9 Å². The lowest BCUT2D eigenvalue weighted by atomic mass is 10.1. The first kappa shape index (κ1) is 26.0. The van der Waals surface area contributed by atoms with Gasteiger partial charge in [0.05, 0.1) is 38.1 Å². The van der Waals surface area contributed by atoms with Crippen LogP contribution < -0.4 is 5.32 Å². The molecular formula is C25H38IN5O2. The fraction of sp³-hybridized carbons (Fsp3) is 0.600. The number of guanidine groups is 1. The number of piperidine rings is 1. The monoisotopic (exact) mass is 567 g/mol. The molecule has 2 fully saturated rings. The van der Waals surface area contributed by atoms with Crippen molar-refractivity contribution in [2.75, 3.05) is 32.8 Å². The van der Waals surface area contributed by atoms with E-state index >= 15 is 0 Å². The van der Waals surface area contributed by atoms with Crippen molar-refractivity contribution in [3.8, 4) is 0 Å². The number of nitrogens with one attached hydrogen (secondary N) is 1. The summed E-state index contributed by atoms with van der Waals surface area (Å²) in [6.45, 7) is 7.96. The molecule has 2 saturated heterocycles. The minimum atomic E-state index is 0. The molecular weight excluding hydrogens is 529 g/mol. The van der Waals surface area contributed by atoms with Crippen molar-refractivity contribution in [2.24, 2.45) is 4.99 Å². The summed E-state index contributed by atoms with van der Waals surface area (Å²) in [6, 6.07) is 10.4. The molecule has 0 bridgehead atoms. The average Bonchev–Trinajstić information content (AvgIpc) is 3.29. The smallest absolute Gasteiger partial charge is 0.194 e. The van der Waals surface area contributed by atoms with E-state index in [9.17, 15) is 0 Å². The van der Waals surface area contributed by atoms with Crippen LogP contribution in [-0.2, 0) is 22.6 Å². The summed E-state index contributed by atoms with van der Waals surface area (Å²) in [5.41, 5.74) is 2.38. The first-order chi connectivity index (χ1) is 15.8. The molecule has 1 atom stereocenters.